The van der Waals surface area contributed by atoms with Crippen molar-refractivity contribution in [3.8, 4) is 0 Å². The molecule has 0 atom stereocenters. The van der Waals surface area contributed by atoms with Gasteiger partial charge in [0.15, 0.2) is 0 Å². The number of aromatic nitrogens is 1. The fraction of sp³-hybridized carbons (Fsp3) is 0.174. The average molecular weight is 362 g/mol. The molecule has 0 fully saturated rings. The van der Waals surface area contributed by atoms with Crippen LogP contribution in [0.5, 0.6) is 0 Å². The zero-order valence-corrected chi connectivity index (χ0v) is 16.4. The summed E-state index contributed by atoms with van der Waals surface area (Å²) in [6.45, 7) is 3.17. The highest BCUT2D eigenvalue weighted by Gasteiger charge is 2.15. The van der Waals surface area contributed by atoms with Crippen LogP contribution >= 0.6 is 11.3 Å². The molecule has 0 saturated heterocycles. The first-order valence-electron chi connectivity index (χ1n) is 8.89. The molecule has 1 aromatic heterocycles. The lowest BCUT2D eigenvalue weighted by Crippen LogP contribution is -2.33. The molecule has 2 aromatic carbocycles. The quantitative estimate of drug-likeness (QED) is 0.412. The van der Waals surface area contributed by atoms with Crippen LogP contribution in [0.2, 0.25) is 0 Å². The van der Waals surface area contributed by atoms with Gasteiger partial charge in [0.2, 0.25) is 5.52 Å². The van der Waals surface area contributed by atoms with E-state index in [2.05, 4.69) is 115 Å². The molecule has 3 aromatic rings. The monoisotopic (exact) mass is 361 g/mol. The van der Waals surface area contributed by atoms with Crippen LogP contribution in [0.15, 0.2) is 72.8 Å². The first-order valence-corrected chi connectivity index (χ1v) is 9.71. The molecule has 0 bridgehead atoms. The van der Waals surface area contributed by atoms with Crippen LogP contribution in [-0.2, 0) is 6.54 Å². The molecule has 2 nitrogen and oxygen atoms in total. The van der Waals surface area contributed by atoms with E-state index in [4.69, 9.17) is 0 Å². The third-order valence-corrected chi connectivity index (χ3v) is 5.35. The van der Waals surface area contributed by atoms with Crippen molar-refractivity contribution in [1.82, 2.24) is 0 Å². The van der Waals surface area contributed by atoms with Crippen molar-refractivity contribution >= 4 is 39.4 Å². The van der Waals surface area contributed by atoms with Gasteiger partial charge in [0, 0.05) is 31.9 Å². The Kier molecular flexibility index (Phi) is 6.03. The summed E-state index contributed by atoms with van der Waals surface area (Å²) in [5, 5.41) is 1.28. The lowest BCUT2D eigenvalue weighted by Gasteiger charge is -2.11. The van der Waals surface area contributed by atoms with Gasteiger partial charge >= 0.3 is 0 Å². The van der Waals surface area contributed by atoms with Gasteiger partial charge in [-0.2, -0.15) is 4.57 Å². The highest BCUT2D eigenvalue weighted by atomic mass is 32.1. The molecule has 1 heterocycles. The second kappa shape index (κ2) is 8.63. The van der Waals surface area contributed by atoms with Crippen LogP contribution in [0, 0.1) is 0 Å². The Morgan fingerprint density at radius 2 is 1.58 bits per heavy atom. The number of anilines is 1. The van der Waals surface area contributed by atoms with Gasteiger partial charge in [-0.05, 0) is 30.7 Å². The van der Waals surface area contributed by atoms with Gasteiger partial charge in [0.05, 0.1) is 0 Å². The van der Waals surface area contributed by atoms with E-state index >= 15 is 0 Å². The van der Waals surface area contributed by atoms with Crippen molar-refractivity contribution in [2.45, 2.75) is 13.5 Å². The molecule has 0 spiro atoms. The van der Waals surface area contributed by atoms with Crippen molar-refractivity contribution in [1.29, 1.82) is 0 Å². The van der Waals surface area contributed by atoms with Crippen LogP contribution in [0.4, 0.5) is 5.69 Å². The lowest BCUT2D eigenvalue weighted by atomic mass is 10.2. The van der Waals surface area contributed by atoms with Crippen molar-refractivity contribution in [2.24, 2.45) is 0 Å². The molecule has 0 aliphatic rings. The number of aryl methyl sites for hydroxylation is 1. The number of thiazole rings is 1. The van der Waals surface area contributed by atoms with Crippen LogP contribution < -0.4 is 9.47 Å². The number of para-hydroxylation sites is 1. The fourth-order valence-electron chi connectivity index (χ4n) is 2.82. The van der Waals surface area contributed by atoms with Crippen LogP contribution in [0.25, 0.3) is 22.4 Å². The molecule has 3 heteroatoms. The number of fused-ring (bicyclic) bond motifs is 1. The molecular weight excluding hydrogens is 336 g/mol. The maximum Gasteiger partial charge on any atom is 0.262 e. The number of allylic oxidation sites excluding steroid dienone is 4. The Morgan fingerprint density at radius 1 is 0.885 bits per heavy atom. The molecule has 0 unspecified atom stereocenters. The molecule has 0 saturated carbocycles. The number of rotatable bonds is 6. The SMILES string of the molecule is CC[n+]1c(C=CC=CC=Cc2ccc(N(C)C)cc2)sc2ccccc21. The van der Waals surface area contributed by atoms with Crippen molar-refractivity contribution < 1.29 is 4.57 Å². The fourth-order valence-corrected chi connectivity index (χ4v) is 3.96. The molecule has 0 aliphatic heterocycles. The average Bonchev–Trinajstić information content (AvgIpc) is 3.02. The summed E-state index contributed by atoms with van der Waals surface area (Å²) >= 11 is 1.83. The number of hydrogen-bond acceptors (Lipinski definition) is 2. The molecule has 3 rings (SSSR count). The van der Waals surface area contributed by atoms with Gasteiger partial charge in [-0.1, -0.05) is 66.0 Å². The molecule has 0 radical (unpaired) electrons. The smallest absolute Gasteiger partial charge is 0.262 e. The zero-order valence-electron chi connectivity index (χ0n) is 15.6. The maximum absolute atomic E-state index is 2.35. The highest BCUT2D eigenvalue weighted by Crippen LogP contribution is 2.21. The van der Waals surface area contributed by atoms with Crippen molar-refractivity contribution in [2.75, 3.05) is 19.0 Å². The Balaban J connectivity index is 1.65. The second-order valence-corrected chi connectivity index (χ2v) is 7.30. The van der Waals surface area contributed by atoms with E-state index in [1.165, 1.54) is 26.5 Å². The summed E-state index contributed by atoms with van der Waals surface area (Å²) in [5.74, 6) is 0. The van der Waals surface area contributed by atoms with Crippen LogP contribution in [0.1, 0.15) is 17.5 Å². The van der Waals surface area contributed by atoms with Crippen LogP contribution in [0.3, 0.4) is 0 Å². The number of hydrogen-bond donors (Lipinski definition) is 0. The number of benzene rings is 2. The molecule has 0 N–H and O–H groups in total. The summed E-state index contributed by atoms with van der Waals surface area (Å²) < 4.78 is 3.69. The molecule has 0 amide bonds. The minimum atomic E-state index is 0.982. The van der Waals surface area contributed by atoms with E-state index in [1.807, 2.05) is 11.3 Å². The first kappa shape index (κ1) is 18.2. The largest absolute Gasteiger partial charge is 0.378 e. The second-order valence-electron chi connectivity index (χ2n) is 6.24. The van der Waals surface area contributed by atoms with E-state index in [1.54, 1.807) is 0 Å². The van der Waals surface area contributed by atoms with E-state index in [9.17, 15) is 0 Å². The van der Waals surface area contributed by atoms with E-state index < -0.39 is 0 Å². The summed E-state index contributed by atoms with van der Waals surface area (Å²) in [5.41, 5.74) is 3.73. The maximum atomic E-state index is 2.35. The summed E-state index contributed by atoms with van der Waals surface area (Å²) in [4.78, 5) is 2.11. The van der Waals surface area contributed by atoms with Crippen molar-refractivity contribution in [3.63, 3.8) is 0 Å². The topological polar surface area (TPSA) is 7.12 Å². The van der Waals surface area contributed by atoms with Gasteiger partial charge in [0.1, 0.15) is 11.2 Å². The van der Waals surface area contributed by atoms with Crippen LogP contribution in [-0.4, -0.2) is 14.1 Å². The highest BCUT2D eigenvalue weighted by molar-refractivity contribution is 7.18. The Bertz CT molecular complexity index is 944. The Labute approximate surface area is 160 Å². The van der Waals surface area contributed by atoms with Gasteiger partial charge in [0.25, 0.3) is 5.01 Å². The Morgan fingerprint density at radius 3 is 2.27 bits per heavy atom. The summed E-state index contributed by atoms with van der Waals surface area (Å²) in [6, 6.07) is 17.1. The predicted molar refractivity (Wildman–Crippen MR) is 116 cm³/mol. The van der Waals surface area contributed by atoms with Gasteiger partial charge < -0.3 is 4.90 Å². The zero-order chi connectivity index (χ0) is 18.4. The minimum Gasteiger partial charge on any atom is -0.378 e. The third-order valence-electron chi connectivity index (χ3n) is 4.22. The summed E-state index contributed by atoms with van der Waals surface area (Å²) in [6.07, 6.45) is 12.6. The molecule has 0 aliphatic carbocycles. The Hall–Kier alpha value is -2.65. The van der Waals surface area contributed by atoms with Gasteiger partial charge in [-0.15, -0.1) is 0 Å². The van der Waals surface area contributed by atoms with E-state index in [-0.39, 0.29) is 0 Å². The lowest BCUT2D eigenvalue weighted by molar-refractivity contribution is -0.665. The van der Waals surface area contributed by atoms with Crippen molar-refractivity contribution in [3.05, 3.63) is 83.4 Å². The van der Waals surface area contributed by atoms with E-state index in [0.29, 0.717) is 0 Å². The summed E-state index contributed by atoms with van der Waals surface area (Å²) in [7, 11) is 4.11. The standard InChI is InChI=1S/C23H25N2S/c1-4-25-21-12-9-10-13-22(21)26-23(25)14-8-6-5-7-11-19-15-17-20(18-16-19)24(2)3/h5-18H,4H2,1-3H3/q+1. The molecule has 132 valence electrons. The normalized spacial score (nSPS) is 12.1. The van der Waals surface area contributed by atoms with E-state index in [0.717, 1.165) is 6.54 Å². The predicted octanol–water partition coefficient (Wildman–Crippen LogP) is 5.56. The molecule has 26 heavy (non-hydrogen) atoms. The molecular formula is C23H25N2S+. The van der Waals surface area contributed by atoms with Gasteiger partial charge in [-0.25, -0.2) is 0 Å². The first-order chi connectivity index (χ1) is 12.7. The number of nitrogens with zero attached hydrogens (tertiary/aromatic N) is 2. The minimum absolute atomic E-state index is 0.982. The third kappa shape index (κ3) is 4.30. The van der Waals surface area contributed by atoms with Gasteiger partial charge in [-0.3, -0.25) is 0 Å².